The molecule has 0 aliphatic carbocycles. The lowest BCUT2D eigenvalue weighted by atomic mass is 10.1. The summed E-state index contributed by atoms with van der Waals surface area (Å²) in [4.78, 5) is 15.9. The molecule has 2 aromatic rings. The van der Waals surface area contributed by atoms with Crippen molar-refractivity contribution in [1.82, 2.24) is 4.90 Å². The van der Waals surface area contributed by atoms with Crippen LogP contribution in [0.4, 0.5) is 5.69 Å². The molecule has 1 unspecified atom stereocenters. The quantitative estimate of drug-likeness (QED) is 0.921. The second-order valence-corrected chi connectivity index (χ2v) is 8.35. The maximum atomic E-state index is 12.8. The molecule has 3 rings (SSSR count). The smallest absolute Gasteiger partial charge is 0.254 e. The molecular formula is C16H18N2O3S2. The number of carbonyl (C=O) groups is 1. The van der Waals surface area contributed by atoms with Crippen molar-refractivity contribution in [1.29, 1.82) is 0 Å². The first-order valence-electron chi connectivity index (χ1n) is 7.36. The van der Waals surface area contributed by atoms with Crippen molar-refractivity contribution in [2.24, 2.45) is 0 Å². The molecule has 7 heteroatoms. The number of rotatable bonds is 4. The van der Waals surface area contributed by atoms with E-state index < -0.39 is 10.0 Å². The second kappa shape index (κ2) is 6.33. The standard InChI is InChI=1S/C16H18N2O3S2/c1-23(20,21)17-13-6-2-5-12(11-13)16(19)18-9-3-7-14(18)15-8-4-10-22-15/h2,4-6,8,10-11,14,17H,3,7,9H2,1H3. The SMILES string of the molecule is CS(=O)(=O)Nc1cccc(C(=O)N2CCCC2c2cccs2)c1. The number of hydrogen-bond donors (Lipinski definition) is 1. The first-order chi connectivity index (χ1) is 10.9. The number of benzene rings is 1. The number of hydrogen-bond acceptors (Lipinski definition) is 4. The van der Waals surface area contributed by atoms with E-state index in [1.807, 2.05) is 16.3 Å². The van der Waals surface area contributed by atoms with Gasteiger partial charge in [-0.1, -0.05) is 12.1 Å². The second-order valence-electron chi connectivity index (χ2n) is 5.63. The fraction of sp³-hybridized carbons (Fsp3) is 0.312. The normalized spacial score (nSPS) is 18.1. The van der Waals surface area contributed by atoms with Crippen molar-refractivity contribution < 1.29 is 13.2 Å². The lowest BCUT2D eigenvalue weighted by molar-refractivity contribution is 0.0738. The molecule has 0 bridgehead atoms. The van der Waals surface area contributed by atoms with E-state index in [0.717, 1.165) is 25.6 Å². The minimum Gasteiger partial charge on any atom is -0.331 e. The summed E-state index contributed by atoms with van der Waals surface area (Å²) in [6.45, 7) is 0.727. The van der Waals surface area contributed by atoms with Crippen LogP contribution in [0.15, 0.2) is 41.8 Å². The van der Waals surface area contributed by atoms with Crippen molar-refractivity contribution in [2.75, 3.05) is 17.5 Å². The molecular weight excluding hydrogens is 332 g/mol. The van der Waals surface area contributed by atoms with Gasteiger partial charge in [-0.05, 0) is 42.5 Å². The first-order valence-corrected chi connectivity index (χ1v) is 10.1. The monoisotopic (exact) mass is 350 g/mol. The summed E-state index contributed by atoms with van der Waals surface area (Å²) in [6, 6.07) is 10.8. The van der Waals surface area contributed by atoms with Crippen LogP contribution >= 0.6 is 11.3 Å². The fourth-order valence-corrected chi connectivity index (χ4v) is 4.31. The molecule has 1 N–H and O–H groups in total. The largest absolute Gasteiger partial charge is 0.331 e. The number of anilines is 1. The summed E-state index contributed by atoms with van der Waals surface area (Å²) in [5.74, 6) is -0.0574. The van der Waals surface area contributed by atoms with Crippen molar-refractivity contribution in [2.45, 2.75) is 18.9 Å². The van der Waals surface area contributed by atoms with Crippen LogP contribution in [0.1, 0.15) is 34.1 Å². The van der Waals surface area contributed by atoms with Gasteiger partial charge >= 0.3 is 0 Å². The van der Waals surface area contributed by atoms with Gasteiger partial charge in [0.25, 0.3) is 5.91 Å². The minimum absolute atomic E-state index is 0.0574. The third kappa shape index (κ3) is 3.73. The first kappa shape index (κ1) is 16.0. The molecule has 1 aliphatic heterocycles. The molecule has 23 heavy (non-hydrogen) atoms. The highest BCUT2D eigenvalue weighted by molar-refractivity contribution is 7.92. The number of carbonyl (C=O) groups excluding carboxylic acids is 1. The van der Waals surface area contributed by atoms with Gasteiger partial charge in [0.1, 0.15) is 0 Å². The van der Waals surface area contributed by atoms with Gasteiger partial charge in [0.05, 0.1) is 12.3 Å². The summed E-state index contributed by atoms with van der Waals surface area (Å²) in [6.07, 6.45) is 3.04. The minimum atomic E-state index is -3.36. The molecule has 0 saturated carbocycles. The highest BCUT2D eigenvalue weighted by Crippen LogP contribution is 2.35. The molecule has 0 radical (unpaired) electrons. The third-order valence-electron chi connectivity index (χ3n) is 3.80. The zero-order chi connectivity index (χ0) is 16.4. The number of nitrogens with one attached hydrogen (secondary N) is 1. The van der Waals surface area contributed by atoms with E-state index in [-0.39, 0.29) is 11.9 Å². The summed E-state index contributed by atoms with van der Waals surface area (Å²) in [5, 5.41) is 2.02. The van der Waals surface area contributed by atoms with Crippen LogP contribution in [0.5, 0.6) is 0 Å². The third-order valence-corrected chi connectivity index (χ3v) is 5.38. The van der Waals surface area contributed by atoms with Gasteiger partial charge in [-0.2, -0.15) is 0 Å². The van der Waals surface area contributed by atoms with Crippen molar-refractivity contribution in [3.63, 3.8) is 0 Å². The Labute approximate surface area is 140 Å². The summed E-state index contributed by atoms with van der Waals surface area (Å²) < 4.78 is 25.1. The Morgan fingerprint density at radius 1 is 1.30 bits per heavy atom. The van der Waals surface area contributed by atoms with Crippen LogP contribution in [0.3, 0.4) is 0 Å². The molecule has 0 spiro atoms. The average molecular weight is 350 g/mol. The number of sulfonamides is 1. The molecule has 1 aliphatic rings. The molecule has 1 amide bonds. The number of nitrogens with zero attached hydrogens (tertiary/aromatic N) is 1. The molecule has 2 heterocycles. The highest BCUT2D eigenvalue weighted by Gasteiger charge is 2.31. The van der Waals surface area contributed by atoms with Crippen LogP contribution in [-0.4, -0.2) is 32.0 Å². The Morgan fingerprint density at radius 3 is 2.83 bits per heavy atom. The molecule has 1 aromatic heterocycles. The lowest BCUT2D eigenvalue weighted by Gasteiger charge is -2.24. The van der Waals surface area contributed by atoms with Crippen molar-refractivity contribution in [3.8, 4) is 0 Å². The lowest BCUT2D eigenvalue weighted by Crippen LogP contribution is -2.30. The molecule has 1 saturated heterocycles. The summed E-state index contributed by atoms with van der Waals surface area (Å²) in [5.41, 5.74) is 0.910. The molecule has 1 atom stereocenters. The van der Waals surface area contributed by atoms with Gasteiger partial charge in [0, 0.05) is 22.7 Å². The zero-order valence-corrected chi connectivity index (χ0v) is 14.4. The van der Waals surface area contributed by atoms with E-state index in [2.05, 4.69) is 10.8 Å². The molecule has 5 nitrogen and oxygen atoms in total. The number of likely N-dealkylation sites (tertiary alicyclic amines) is 1. The van der Waals surface area contributed by atoms with Gasteiger partial charge in [0.2, 0.25) is 10.0 Å². The Kier molecular flexibility index (Phi) is 4.41. The average Bonchev–Trinajstić information content (AvgIpc) is 3.15. The maximum absolute atomic E-state index is 12.8. The van der Waals surface area contributed by atoms with Crippen LogP contribution < -0.4 is 4.72 Å². The summed E-state index contributed by atoms with van der Waals surface area (Å²) >= 11 is 1.66. The van der Waals surface area contributed by atoms with Gasteiger partial charge in [-0.3, -0.25) is 9.52 Å². The van der Waals surface area contributed by atoms with Gasteiger partial charge in [-0.15, -0.1) is 11.3 Å². The van der Waals surface area contributed by atoms with E-state index in [4.69, 9.17) is 0 Å². The van der Waals surface area contributed by atoms with Gasteiger partial charge < -0.3 is 4.90 Å². The fourth-order valence-electron chi connectivity index (χ4n) is 2.88. The van der Waals surface area contributed by atoms with E-state index in [1.165, 1.54) is 4.88 Å². The van der Waals surface area contributed by atoms with E-state index in [0.29, 0.717) is 11.3 Å². The van der Waals surface area contributed by atoms with E-state index in [1.54, 1.807) is 35.6 Å². The van der Waals surface area contributed by atoms with Crippen LogP contribution in [0, 0.1) is 0 Å². The maximum Gasteiger partial charge on any atom is 0.254 e. The number of amides is 1. The topological polar surface area (TPSA) is 66.5 Å². The van der Waals surface area contributed by atoms with E-state index in [9.17, 15) is 13.2 Å². The number of thiophene rings is 1. The van der Waals surface area contributed by atoms with Crippen molar-refractivity contribution >= 4 is 33.0 Å². The Morgan fingerprint density at radius 2 is 2.13 bits per heavy atom. The Balaban J connectivity index is 1.84. The summed E-state index contributed by atoms with van der Waals surface area (Å²) in [7, 11) is -3.36. The highest BCUT2D eigenvalue weighted by atomic mass is 32.2. The predicted molar refractivity (Wildman–Crippen MR) is 92.2 cm³/mol. The molecule has 1 aromatic carbocycles. The van der Waals surface area contributed by atoms with Gasteiger partial charge in [-0.25, -0.2) is 8.42 Å². The van der Waals surface area contributed by atoms with Crippen LogP contribution in [0.25, 0.3) is 0 Å². The zero-order valence-electron chi connectivity index (χ0n) is 12.7. The van der Waals surface area contributed by atoms with E-state index >= 15 is 0 Å². The van der Waals surface area contributed by atoms with Crippen LogP contribution in [-0.2, 0) is 10.0 Å². The predicted octanol–water partition coefficient (Wildman–Crippen LogP) is 3.10. The molecule has 122 valence electrons. The Hall–Kier alpha value is -1.86. The molecule has 1 fully saturated rings. The van der Waals surface area contributed by atoms with Gasteiger partial charge in [0.15, 0.2) is 0 Å². The van der Waals surface area contributed by atoms with Crippen molar-refractivity contribution in [3.05, 3.63) is 52.2 Å². The van der Waals surface area contributed by atoms with Crippen LogP contribution in [0.2, 0.25) is 0 Å². The Bertz CT molecular complexity index is 800.